The summed E-state index contributed by atoms with van der Waals surface area (Å²) >= 11 is 0. The maximum Gasteiger partial charge on any atom is 0.265 e. The number of methoxy groups -OCH3 is 2. The van der Waals surface area contributed by atoms with E-state index in [4.69, 9.17) is 9.47 Å². The van der Waals surface area contributed by atoms with Crippen LogP contribution in [-0.4, -0.2) is 84.9 Å². The second-order valence-corrected chi connectivity index (χ2v) is 8.62. The van der Waals surface area contributed by atoms with Gasteiger partial charge in [-0.3, -0.25) is 33.9 Å². The van der Waals surface area contributed by atoms with E-state index in [1.54, 1.807) is 43.5 Å². The van der Waals surface area contributed by atoms with E-state index in [0.717, 1.165) is 4.90 Å². The van der Waals surface area contributed by atoms with Gasteiger partial charge in [-0.1, -0.05) is 12.1 Å². The van der Waals surface area contributed by atoms with Crippen LogP contribution in [0, 0.1) is 0 Å². The summed E-state index contributed by atoms with van der Waals surface area (Å²) in [6.07, 6.45) is 3.54. The second-order valence-electron chi connectivity index (χ2n) is 8.62. The average Bonchev–Trinajstić information content (AvgIpc) is 3.52. The molecular formula is C27H28N4O7. The van der Waals surface area contributed by atoms with E-state index in [2.05, 4.69) is 5.32 Å². The highest BCUT2D eigenvalue weighted by Crippen LogP contribution is 2.25. The number of rotatable bonds is 9. The van der Waals surface area contributed by atoms with E-state index in [1.165, 1.54) is 35.3 Å². The van der Waals surface area contributed by atoms with Crippen molar-refractivity contribution in [3.63, 3.8) is 0 Å². The van der Waals surface area contributed by atoms with Crippen LogP contribution in [0.5, 0.6) is 11.5 Å². The van der Waals surface area contributed by atoms with Crippen molar-refractivity contribution in [3.8, 4) is 11.5 Å². The van der Waals surface area contributed by atoms with E-state index in [9.17, 15) is 24.0 Å². The molecule has 2 aliphatic rings. The van der Waals surface area contributed by atoms with Gasteiger partial charge in [0.2, 0.25) is 11.8 Å². The fraction of sp³-hybridized carbons (Fsp3) is 0.296. The number of hydrazine groups is 1. The predicted molar refractivity (Wildman–Crippen MR) is 136 cm³/mol. The Morgan fingerprint density at radius 2 is 1.63 bits per heavy atom. The fourth-order valence-corrected chi connectivity index (χ4v) is 4.34. The van der Waals surface area contributed by atoms with Crippen LogP contribution < -0.4 is 14.8 Å². The number of nitrogens with one attached hydrogen (secondary N) is 1. The number of nitrogens with zero attached hydrogens (tertiary/aromatic N) is 3. The van der Waals surface area contributed by atoms with Gasteiger partial charge in [-0.15, -0.1) is 0 Å². The summed E-state index contributed by atoms with van der Waals surface area (Å²) in [5.41, 5.74) is 1.18. The average molecular weight is 521 g/mol. The highest BCUT2D eigenvalue weighted by atomic mass is 16.5. The van der Waals surface area contributed by atoms with Gasteiger partial charge in [-0.2, -0.15) is 0 Å². The first-order chi connectivity index (χ1) is 18.3. The highest BCUT2D eigenvalue weighted by molar-refractivity contribution is 6.22. The third-order valence-corrected chi connectivity index (χ3v) is 6.26. The molecule has 4 rings (SSSR count). The van der Waals surface area contributed by atoms with Gasteiger partial charge in [-0.25, -0.2) is 5.01 Å². The van der Waals surface area contributed by atoms with E-state index in [1.807, 2.05) is 0 Å². The Morgan fingerprint density at radius 1 is 0.947 bits per heavy atom. The van der Waals surface area contributed by atoms with Gasteiger partial charge in [-0.05, 0) is 42.8 Å². The molecule has 0 spiro atoms. The Bertz CT molecular complexity index is 1270. The molecule has 11 heteroatoms. The largest absolute Gasteiger partial charge is 0.497 e. The van der Waals surface area contributed by atoms with E-state index in [-0.39, 0.29) is 35.9 Å². The van der Waals surface area contributed by atoms with Crippen LogP contribution in [0.1, 0.15) is 39.1 Å². The molecule has 2 aromatic rings. The molecule has 0 atom stereocenters. The normalized spacial score (nSPS) is 14.7. The van der Waals surface area contributed by atoms with Crippen molar-refractivity contribution >= 4 is 35.6 Å². The lowest BCUT2D eigenvalue weighted by Crippen LogP contribution is -2.45. The Balaban J connectivity index is 1.28. The zero-order valence-corrected chi connectivity index (χ0v) is 21.1. The molecule has 2 aliphatic heterocycles. The first kappa shape index (κ1) is 26.4. The summed E-state index contributed by atoms with van der Waals surface area (Å²) in [4.78, 5) is 63.7. The molecule has 0 bridgehead atoms. The molecule has 1 N–H and O–H groups in total. The van der Waals surface area contributed by atoms with Crippen LogP contribution in [0.4, 0.5) is 0 Å². The van der Waals surface area contributed by atoms with E-state index >= 15 is 0 Å². The molecule has 2 heterocycles. The maximum absolute atomic E-state index is 12.9. The van der Waals surface area contributed by atoms with Gasteiger partial charge in [0.25, 0.3) is 17.7 Å². The fourth-order valence-electron chi connectivity index (χ4n) is 4.34. The maximum atomic E-state index is 12.9. The van der Waals surface area contributed by atoms with Crippen LogP contribution in [-0.2, 0) is 14.4 Å². The van der Waals surface area contributed by atoms with Gasteiger partial charge in [0.15, 0.2) is 0 Å². The van der Waals surface area contributed by atoms with Gasteiger partial charge < -0.3 is 14.8 Å². The van der Waals surface area contributed by atoms with Gasteiger partial charge >= 0.3 is 0 Å². The van der Waals surface area contributed by atoms with Gasteiger partial charge in [0.1, 0.15) is 18.0 Å². The Hall–Kier alpha value is -4.67. The number of imide groups is 1. The molecule has 198 valence electrons. The van der Waals surface area contributed by atoms with Crippen molar-refractivity contribution in [3.05, 3.63) is 65.2 Å². The molecular weight excluding hydrogens is 492 g/mol. The SMILES string of the molecule is COc1ccc(OC)c(C=CC(=O)N2CCCN2C(=O)CCNC(=O)CN2C(=O)c3ccccc3C2=O)c1. The van der Waals surface area contributed by atoms with Crippen LogP contribution >= 0.6 is 0 Å². The molecule has 0 unspecified atom stereocenters. The minimum Gasteiger partial charge on any atom is -0.497 e. The van der Waals surface area contributed by atoms with Crippen molar-refractivity contribution in [1.82, 2.24) is 20.2 Å². The molecule has 1 fully saturated rings. The molecule has 2 aromatic carbocycles. The first-order valence-electron chi connectivity index (χ1n) is 12.1. The van der Waals surface area contributed by atoms with Crippen LogP contribution in [0.3, 0.4) is 0 Å². The third-order valence-electron chi connectivity index (χ3n) is 6.26. The predicted octanol–water partition coefficient (Wildman–Crippen LogP) is 1.50. The summed E-state index contributed by atoms with van der Waals surface area (Å²) in [5.74, 6) is -1.12. The summed E-state index contributed by atoms with van der Waals surface area (Å²) in [5, 5.41) is 5.30. The smallest absolute Gasteiger partial charge is 0.265 e. The molecule has 0 radical (unpaired) electrons. The van der Waals surface area contributed by atoms with E-state index in [0.29, 0.717) is 36.6 Å². The lowest BCUT2D eigenvalue weighted by molar-refractivity contribution is -0.154. The van der Waals surface area contributed by atoms with Crippen molar-refractivity contribution in [2.24, 2.45) is 0 Å². The number of carbonyl (C=O) groups is 5. The Labute approximate surface area is 219 Å². The Kier molecular flexibility index (Phi) is 8.05. The van der Waals surface area contributed by atoms with E-state index < -0.39 is 24.3 Å². The number of benzene rings is 2. The number of fused-ring (bicyclic) bond motifs is 1. The number of ether oxygens (including phenoxy) is 2. The van der Waals surface area contributed by atoms with Gasteiger partial charge in [0, 0.05) is 37.7 Å². The lowest BCUT2D eigenvalue weighted by Gasteiger charge is -2.27. The minimum absolute atomic E-state index is 0.00376. The lowest BCUT2D eigenvalue weighted by atomic mass is 10.1. The minimum atomic E-state index is -0.558. The zero-order valence-electron chi connectivity index (χ0n) is 21.1. The van der Waals surface area contributed by atoms with Crippen molar-refractivity contribution in [2.45, 2.75) is 12.8 Å². The second kappa shape index (κ2) is 11.6. The zero-order chi connectivity index (χ0) is 27.2. The van der Waals surface area contributed by atoms with Crippen LogP contribution in [0.2, 0.25) is 0 Å². The third kappa shape index (κ3) is 5.51. The summed E-state index contributed by atoms with van der Waals surface area (Å²) in [6, 6.07) is 11.6. The highest BCUT2D eigenvalue weighted by Gasteiger charge is 2.36. The number of hydrogen-bond acceptors (Lipinski definition) is 7. The Morgan fingerprint density at radius 3 is 2.29 bits per heavy atom. The molecule has 0 saturated carbocycles. The molecule has 38 heavy (non-hydrogen) atoms. The molecule has 0 aliphatic carbocycles. The van der Waals surface area contributed by atoms with Gasteiger partial charge in [0.05, 0.1) is 25.3 Å². The molecule has 5 amide bonds. The first-order valence-corrected chi connectivity index (χ1v) is 12.1. The summed E-state index contributed by atoms with van der Waals surface area (Å²) in [7, 11) is 3.07. The van der Waals surface area contributed by atoms with Crippen LogP contribution in [0.15, 0.2) is 48.5 Å². The number of hydrogen-bond donors (Lipinski definition) is 1. The summed E-state index contributed by atoms with van der Waals surface area (Å²) in [6.45, 7) is 0.323. The van der Waals surface area contributed by atoms with Crippen molar-refractivity contribution in [2.75, 3.05) is 40.4 Å². The monoisotopic (exact) mass is 520 g/mol. The quantitative estimate of drug-likeness (QED) is 0.392. The molecule has 1 saturated heterocycles. The van der Waals surface area contributed by atoms with Crippen molar-refractivity contribution in [1.29, 1.82) is 0 Å². The number of carbonyl (C=O) groups excluding carboxylic acids is 5. The van der Waals surface area contributed by atoms with Crippen molar-refractivity contribution < 1.29 is 33.4 Å². The van der Waals surface area contributed by atoms with Crippen LogP contribution in [0.25, 0.3) is 6.08 Å². The molecule has 0 aromatic heterocycles. The summed E-state index contributed by atoms with van der Waals surface area (Å²) < 4.78 is 10.5. The number of amides is 5. The topological polar surface area (TPSA) is 126 Å². The standard InChI is InChI=1S/C27H28N4O7/c1-37-19-9-10-22(38-2)18(16-19)8-11-24(33)30-14-5-15-31(30)25(34)12-13-28-23(32)17-29-26(35)20-6-3-4-7-21(20)27(29)36/h3-4,6-11,16H,5,12-15,17H2,1-2H3,(H,28,32). The molecule has 11 nitrogen and oxygen atoms in total.